The van der Waals surface area contributed by atoms with Crippen molar-refractivity contribution in [3.8, 4) is 0 Å². The van der Waals surface area contributed by atoms with Gasteiger partial charge in [-0.1, -0.05) is 39.3 Å². The van der Waals surface area contributed by atoms with Crippen LogP contribution in [0.3, 0.4) is 0 Å². The predicted octanol–water partition coefficient (Wildman–Crippen LogP) is -0.934. The van der Waals surface area contributed by atoms with Crippen molar-refractivity contribution < 1.29 is 104 Å². The van der Waals surface area contributed by atoms with E-state index in [2.05, 4.69) is 33.8 Å². The van der Waals surface area contributed by atoms with Crippen molar-refractivity contribution in [3.05, 3.63) is 11.6 Å². The highest BCUT2D eigenvalue weighted by atomic mass is 16.8. The summed E-state index contributed by atoms with van der Waals surface area (Å²) < 4.78 is 62.5. The molecule has 1 spiro atoms. The monoisotopic (exact) mass is 1030 g/mol. The van der Waals surface area contributed by atoms with E-state index in [1.165, 1.54) is 19.4 Å². The minimum atomic E-state index is -1.92. The van der Waals surface area contributed by atoms with Gasteiger partial charge in [-0.25, -0.2) is 0 Å². The molecule has 0 aromatic carbocycles. The molecule has 6 heterocycles. The number of rotatable bonds is 10. The predicted molar refractivity (Wildman–Crippen MR) is 245 cm³/mol. The highest BCUT2D eigenvalue weighted by Gasteiger charge is 2.69. The molecule has 0 aromatic rings. The van der Waals surface area contributed by atoms with Gasteiger partial charge < -0.3 is 104 Å². The summed E-state index contributed by atoms with van der Waals surface area (Å²) in [7, 11) is 0. The minimum absolute atomic E-state index is 0.0829. The van der Waals surface area contributed by atoms with E-state index in [1.54, 1.807) is 0 Å². The van der Waals surface area contributed by atoms with Gasteiger partial charge in [-0.2, -0.15) is 0 Å². The van der Waals surface area contributed by atoms with Crippen LogP contribution in [0.2, 0.25) is 0 Å². The lowest BCUT2D eigenvalue weighted by molar-refractivity contribution is -0.398. The number of hydrogen-bond acceptors (Lipinski definition) is 21. The van der Waals surface area contributed by atoms with Crippen LogP contribution in [-0.4, -0.2) is 217 Å². The van der Waals surface area contributed by atoms with Crippen LogP contribution in [0.15, 0.2) is 11.6 Å². The minimum Gasteiger partial charge on any atom is -0.394 e. The van der Waals surface area contributed by atoms with E-state index in [1.807, 2.05) is 0 Å². The maximum atomic E-state index is 11.8. The Balaban J connectivity index is 0.861. The fourth-order valence-electron chi connectivity index (χ4n) is 15.5. The molecule has 4 aliphatic carbocycles. The number of hydrogen-bond donors (Lipinski definition) is 11. The van der Waals surface area contributed by atoms with Crippen LogP contribution in [0.25, 0.3) is 0 Å². The first-order valence-electron chi connectivity index (χ1n) is 26.7. The lowest BCUT2D eigenvalue weighted by atomic mass is 9.47. The van der Waals surface area contributed by atoms with Crippen molar-refractivity contribution in [1.29, 1.82) is 0 Å². The maximum Gasteiger partial charge on any atom is 0.187 e. The smallest absolute Gasteiger partial charge is 0.187 e. The molecular weight excluding hydrogens is 949 g/mol. The Kier molecular flexibility index (Phi) is 15.5. The maximum absolute atomic E-state index is 11.8. The molecule has 6 aliphatic heterocycles. The molecule has 21 heteroatoms. The third-order valence-electron chi connectivity index (χ3n) is 19.8. The van der Waals surface area contributed by atoms with Gasteiger partial charge in [-0.15, -0.1) is 0 Å². The fraction of sp³-hybridized carbons (Fsp3) is 0.961. The van der Waals surface area contributed by atoms with Crippen molar-refractivity contribution in [3.63, 3.8) is 0 Å². The molecule has 72 heavy (non-hydrogen) atoms. The number of aliphatic hydroxyl groups is 11. The van der Waals surface area contributed by atoms with Crippen LogP contribution < -0.4 is 0 Å². The van der Waals surface area contributed by atoms with Gasteiger partial charge in [0.25, 0.3) is 0 Å². The van der Waals surface area contributed by atoms with Crippen LogP contribution in [-0.2, 0) is 47.4 Å². The van der Waals surface area contributed by atoms with E-state index in [4.69, 9.17) is 47.4 Å². The number of aliphatic hydroxyl groups excluding tert-OH is 11. The molecule has 9 fully saturated rings. The quantitative estimate of drug-likeness (QED) is 0.118. The summed E-state index contributed by atoms with van der Waals surface area (Å²) in [5, 5.41) is 119. The van der Waals surface area contributed by atoms with Crippen molar-refractivity contribution in [2.24, 2.45) is 46.3 Å². The Morgan fingerprint density at radius 2 is 1.19 bits per heavy atom. The summed E-state index contributed by atoms with van der Waals surface area (Å²) in [5.74, 6) is 2.36. The van der Waals surface area contributed by atoms with Crippen LogP contribution in [0.4, 0.5) is 0 Å². The standard InChI is InChI=1S/C51H82O21/c1-20-9-14-51(63-19-20)21(2)32-29(72-51)16-28-26-8-7-24-15-25(10-12-49(24,5)27(26)11-13-50(28,32)6)66-48-44(71-45-39(60)36(57)33(54)22(3)64-45)43(35(56)31(18-53)68-48)70-46-41(62)38(59)42(23(4)65-46)69-47-40(61)37(58)34(55)30(17-52)67-47/h7,20-23,25-48,52-62H,8-19H2,1-6H3/t20-,21-,22-,23-,25-,26+,27-,28-,29-,30+,31+,32-,33-,34+,35+,36+,37-,38-,39+,40+,41+,42-,43-,44+,45-,46-,47-,48+,49-,50-,51+/m0/s1. The Morgan fingerprint density at radius 1 is 0.583 bits per heavy atom. The summed E-state index contributed by atoms with van der Waals surface area (Å²) >= 11 is 0. The number of fused-ring (bicyclic) bond motifs is 7. The fourth-order valence-corrected chi connectivity index (χ4v) is 15.5. The first-order chi connectivity index (χ1) is 34.1. The highest BCUT2D eigenvalue weighted by molar-refractivity contribution is 5.26. The van der Waals surface area contributed by atoms with E-state index in [9.17, 15) is 56.2 Å². The zero-order valence-corrected chi connectivity index (χ0v) is 42.2. The van der Waals surface area contributed by atoms with E-state index in [-0.39, 0.29) is 16.9 Å². The largest absolute Gasteiger partial charge is 0.394 e. The summed E-state index contributed by atoms with van der Waals surface area (Å²) in [6.07, 6.45) is -21.0. The third-order valence-corrected chi connectivity index (χ3v) is 19.8. The number of ether oxygens (including phenoxy) is 10. The summed E-state index contributed by atoms with van der Waals surface area (Å²) in [5.41, 5.74) is 1.37. The van der Waals surface area contributed by atoms with Gasteiger partial charge in [0.2, 0.25) is 0 Å². The summed E-state index contributed by atoms with van der Waals surface area (Å²) in [6.45, 7) is 11.8. The van der Waals surface area contributed by atoms with E-state index in [0.29, 0.717) is 48.3 Å². The lowest BCUT2D eigenvalue weighted by Crippen LogP contribution is -2.67. The first kappa shape index (κ1) is 54.3. The average Bonchev–Trinajstić information content (AvgIpc) is 3.81. The molecule has 0 amide bonds. The molecule has 11 N–H and O–H groups in total. The normalized spacial score (nSPS) is 57.8. The van der Waals surface area contributed by atoms with Crippen molar-refractivity contribution >= 4 is 0 Å². The highest BCUT2D eigenvalue weighted by Crippen LogP contribution is 2.71. The van der Waals surface area contributed by atoms with E-state index >= 15 is 0 Å². The SMILES string of the molecule is C[C@H]1CC[C@@]2(OC1)O[C@H]1C[C@H]3[C@@H]4CC=C5C[C@@H](O[C@@H]6O[C@H](CO)[C@@H](O)[C@H](O[C@@H]7O[C@@H](C)[C@H](O[C@@H]8O[C@H](CO)[C@@H](O)[C@H](O)[C@H]8O)[C@@H](O)[C@H]7O)[C@H]6O[C@@H]6O[C@@H](C)[C@H](O)[C@@H](O)[C@H]6O)CC[C@]5(C)[C@H]4CC[C@]3(C)[C@H]1[C@@H]2C. The van der Waals surface area contributed by atoms with Crippen LogP contribution >= 0.6 is 0 Å². The molecule has 21 nitrogen and oxygen atoms in total. The van der Waals surface area contributed by atoms with Gasteiger partial charge in [-0.3, -0.25) is 0 Å². The van der Waals surface area contributed by atoms with Crippen LogP contribution in [0.5, 0.6) is 0 Å². The lowest BCUT2D eigenvalue weighted by Gasteiger charge is -2.59. The van der Waals surface area contributed by atoms with Crippen molar-refractivity contribution in [2.75, 3.05) is 19.8 Å². The molecule has 0 bridgehead atoms. The molecule has 0 aromatic heterocycles. The molecule has 10 aliphatic rings. The second kappa shape index (κ2) is 20.6. The molecule has 412 valence electrons. The van der Waals surface area contributed by atoms with Crippen LogP contribution in [0.1, 0.15) is 99.3 Å². The second-order valence-corrected chi connectivity index (χ2v) is 23.9. The third kappa shape index (κ3) is 9.09. The van der Waals surface area contributed by atoms with Crippen molar-refractivity contribution in [2.45, 2.75) is 240 Å². The van der Waals surface area contributed by atoms with Gasteiger partial charge in [-0.05, 0) is 106 Å². The zero-order valence-electron chi connectivity index (χ0n) is 42.2. The van der Waals surface area contributed by atoms with Gasteiger partial charge in [0, 0.05) is 12.3 Å². The molecule has 31 atom stereocenters. The van der Waals surface area contributed by atoms with Gasteiger partial charge in [0.1, 0.15) is 85.5 Å². The van der Waals surface area contributed by atoms with E-state index < -0.39 is 148 Å². The second-order valence-electron chi connectivity index (χ2n) is 23.9. The zero-order chi connectivity index (χ0) is 51.5. The Hall–Kier alpha value is -1.10. The first-order valence-corrected chi connectivity index (χ1v) is 26.7. The van der Waals surface area contributed by atoms with Crippen molar-refractivity contribution in [1.82, 2.24) is 0 Å². The Bertz CT molecular complexity index is 1900. The summed E-state index contributed by atoms with van der Waals surface area (Å²) in [4.78, 5) is 0. The molecule has 6 saturated heterocycles. The number of allylic oxidation sites excluding steroid dienone is 1. The van der Waals surface area contributed by atoms with Gasteiger partial charge >= 0.3 is 0 Å². The van der Waals surface area contributed by atoms with E-state index in [0.717, 1.165) is 51.6 Å². The van der Waals surface area contributed by atoms with Gasteiger partial charge in [0.15, 0.2) is 30.9 Å². The van der Waals surface area contributed by atoms with Crippen LogP contribution in [0, 0.1) is 46.3 Å². The molecule has 0 unspecified atom stereocenters. The molecule has 0 radical (unpaired) electrons. The topological polar surface area (TPSA) is 315 Å². The van der Waals surface area contributed by atoms with Gasteiger partial charge in [0.05, 0.1) is 44.2 Å². The molecule has 10 rings (SSSR count). The summed E-state index contributed by atoms with van der Waals surface area (Å²) in [6, 6.07) is 0. The Labute approximate surface area is 420 Å². The molecule has 3 saturated carbocycles. The average molecular weight is 1030 g/mol. The molecular formula is C51H82O21. The Morgan fingerprint density at radius 3 is 1.88 bits per heavy atom.